The van der Waals surface area contributed by atoms with E-state index in [0.717, 1.165) is 0 Å². The van der Waals surface area contributed by atoms with Gasteiger partial charge in [0.25, 0.3) is 0 Å². The third-order valence-corrected chi connectivity index (χ3v) is 9.89. The summed E-state index contributed by atoms with van der Waals surface area (Å²) < 4.78 is 30.6. The molecule has 3 heterocycles. The molecule has 0 aromatic carbocycles. The van der Waals surface area contributed by atoms with Crippen LogP contribution in [0.2, 0.25) is 0 Å². The van der Waals surface area contributed by atoms with Crippen LogP contribution in [-0.2, 0) is 33.3 Å². The van der Waals surface area contributed by atoms with Crippen LogP contribution in [0, 0.1) is 23.7 Å². The molecular weight excluding hydrogens is 544 g/mol. The number of carbonyl (C=O) groups is 3. The molecule has 0 aromatic heterocycles. The number of ketones is 1. The van der Waals surface area contributed by atoms with Crippen molar-refractivity contribution in [1.82, 2.24) is 10.2 Å². The van der Waals surface area contributed by atoms with E-state index in [1.807, 2.05) is 60.5 Å². The lowest BCUT2D eigenvalue weighted by Crippen LogP contribution is -2.59. The first-order valence-corrected chi connectivity index (χ1v) is 15.4. The summed E-state index contributed by atoms with van der Waals surface area (Å²) in [6.07, 6.45) is -2.24. The quantitative estimate of drug-likeness (QED) is 0.454. The highest BCUT2D eigenvalue weighted by Crippen LogP contribution is 2.40. The fraction of sp³-hybridized carbons (Fsp3) is 0.903. The highest BCUT2D eigenvalue weighted by molar-refractivity contribution is 5.85. The first-order valence-electron chi connectivity index (χ1n) is 15.4. The number of nitrogens with one attached hydrogen (secondary N) is 1. The lowest BCUT2D eigenvalue weighted by atomic mass is 9.74. The first-order chi connectivity index (χ1) is 19.5. The van der Waals surface area contributed by atoms with Crippen molar-refractivity contribution in [2.24, 2.45) is 23.7 Å². The van der Waals surface area contributed by atoms with Gasteiger partial charge in [-0.25, -0.2) is 4.79 Å². The summed E-state index contributed by atoms with van der Waals surface area (Å²) >= 11 is 0. The van der Waals surface area contributed by atoms with Gasteiger partial charge in [-0.2, -0.15) is 0 Å². The summed E-state index contributed by atoms with van der Waals surface area (Å²) in [5, 5.41) is 14.1. The monoisotopic (exact) mass is 598 g/mol. The largest absolute Gasteiger partial charge is 0.458 e. The fourth-order valence-electron chi connectivity index (χ4n) is 7.41. The molecule has 3 fully saturated rings. The summed E-state index contributed by atoms with van der Waals surface area (Å²) in [5.74, 6) is -2.37. The zero-order chi connectivity index (χ0) is 31.7. The van der Waals surface area contributed by atoms with Gasteiger partial charge in [-0.3, -0.25) is 9.59 Å². The van der Waals surface area contributed by atoms with Crippen LogP contribution in [0.3, 0.4) is 0 Å². The molecule has 13 atom stereocenters. The van der Waals surface area contributed by atoms with Crippen LogP contribution in [0.1, 0.15) is 81.1 Å². The van der Waals surface area contributed by atoms with E-state index in [1.165, 1.54) is 0 Å². The number of amides is 1. The van der Waals surface area contributed by atoms with Crippen molar-refractivity contribution in [2.75, 3.05) is 21.2 Å². The van der Waals surface area contributed by atoms with Gasteiger partial charge in [0.15, 0.2) is 11.9 Å². The van der Waals surface area contributed by atoms with Gasteiger partial charge in [0.05, 0.1) is 29.8 Å². The van der Waals surface area contributed by atoms with Crippen LogP contribution in [-0.4, -0.2) is 103 Å². The fourth-order valence-corrected chi connectivity index (χ4v) is 7.41. The number of esters is 1. The second-order valence-corrected chi connectivity index (χ2v) is 13.6. The van der Waals surface area contributed by atoms with Gasteiger partial charge in [0, 0.05) is 25.0 Å². The minimum absolute atomic E-state index is 0.0754. The van der Waals surface area contributed by atoms with E-state index in [2.05, 4.69) is 5.32 Å². The molecule has 42 heavy (non-hydrogen) atoms. The first kappa shape index (κ1) is 34.7. The highest BCUT2D eigenvalue weighted by atomic mass is 16.7. The van der Waals surface area contributed by atoms with Crippen molar-refractivity contribution >= 4 is 17.8 Å². The number of hydrogen-bond acceptors (Lipinski definition) is 10. The minimum atomic E-state index is -1.21. The van der Waals surface area contributed by atoms with Gasteiger partial charge < -0.3 is 39.0 Å². The number of likely N-dealkylation sites (N-methyl/N-ethyl adjacent to an activating group) is 1. The topological polar surface area (TPSA) is 133 Å². The normalized spacial score (nSPS) is 45.9. The Morgan fingerprint density at radius 3 is 2.26 bits per heavy atom. The van der Waals surface area contributed by atoms with Gasteiger partial charge in [-0.05, 0) is 66.5 Å². The Hall–Kier alpha value is -1.79. The Morgan fingerprint density at radius 2 is 1.69 bits per heavy atom. The Labute approximate surface area is 251 Å². The Bertz CT molecular complexity index is 978. The van der Waals surface area contributed by atoms with Gasteiger partial charge >= 0.3 is 12.1 Å². The van der Waals surface area contributed by atoms with Crippen LogP contribution in [0.4, 0.5) is 4.79 Å². The molecule has 3 aliphatic heterocycles. The molecule has 0 radical (unpaired) electrons. The second-order valence-electron chi connectivity index (χ2n) is 13.6. The molecule has 0 saturated carbocycles. The van der Waals surface area contributed by atoms with Gasteiger partial charge in [0.1, 0.15) is 18.0 Å². The van der Waals surface area contributed by atoms with E-state index in [9.17, 15) is 19.5 Å². The number of aliphatic hydroxyl groups excluding tert-OH is 1. The maximum atomic E-state index is 13.9. The average Bonchev–Trinajstić information content (AvgIpc) is 3.24. The summed E-state index contributed by atoms with van der Waals surface area (Å²) in [4.78, 5) is 41.8. The van der Waals surface area contributed by atoms with Crippen molar-refractivity contribution in [3.63, 3.8) is 0 Å². The Balaban J connectivity index is 2.03. The smallest absolute Gasteiger partial charge is 0.408 e. The highest BCUT2D eigenvalue weighted by Gasteiger charge is 2.56. The standard InChI is InChI=1S/C31H54N2O9/c1-12-22-31(8)25(32-29(37)42-31)20(6)23(34)18(4)15-30(7,38-11)26(16(2)13-17(3)27(36)40-22)41-28-24(35)21(33(9)10)14-19(5)39-28/h16-22,24-26,28,35H,12-15H2,1-11H3,(H,32,37)/t16-,17+,18+,19+,20-,21-,22+,24+,25+,26+,28-,30-,31+/m0/s1. The van der Waals surface area contributed by atoms with E-state index in [0.29, 0.717) is 25.7 Å². The van der Waals surface area contributed by atoms with Crippen molar-refractivity contribution in [1.29, 1.82) is 0 Å². The number of ether oxygens (including phenoxy) is 5. The predicted molar refractivity (Wildman–Crippen MR) is 156 cm³/mol. The molecule has 11 heteroatoms. The maximum absolute atomic E-state index is 13.9. The number of carbonyl (C=O) groups excluding carboxylic acids is 3. The summed E-state index contributed by atoms with van der Waals surface area (Å²) in [5.41, 5.74) is -2.19. The summed E-state index contributed by atoms with van der Waals surface area (Å²) in [6, 6.07) is -0.855. The molecule has 3 aliphatic rings. The zero-order valence-electron chi connectivity index (χ0n) is 27.3. The summed E-state index contributed by atoms with van der Waals surface area (Å²) in [7, 11) is 5.42. The molecule has 2 N–H and O–H groups in total. The van der Waals surface area contributed by atoms with E-state index < -0.39 is 71.7 Å². The van der Waals surface area contributed by atoms with E-state index in [1.54, 1.807) is 21.0 Å². The van der Waals surface area contributed by atoms with Crippen LogP contribution < -0.4 is 5.32 Å². The number of aliphatic hydroxyl groups is 1. The second kappa shape index (κ2) is 13.5. The molecule has 3 saturated heterocycles. The lowest BCUT2D eigenvalue weighted by Gasteiger charge is -2.47. The SMILES string of the molecule is CC[C@H]1OC(=O)[C@H](C)C[C@H](C)[C@@H](O[C@@H]2O[C@H](C)C[C@H](N(C)C)[C@H]2O)[C@@](C)(OC)C[C@@H](C)C(=O)[C@H](C)[C@H]2NC(=O)O[C@@]21C. The van der Waals surface area contributed by atoms with Crippen LogP contribution in [0.5, 0.6) is 0 Å². The number of methoxy groups -OCH3 is 1. The van der Waals surface area contributed by atoms with Crippen molar-refractivity contribution in [3.8, 4) is 0 Å². The Kier molecular flexibility index (Phi) is 11.1. The van der Waals surface area contributed by atoms with Crippen molar-refractivity contribution in [3.05, 3.63) is 0 Å². The molecule has 0 bridgehead atoms. The minimum Gasteiger partial charge on any atom is -0.458 e. The molecule has 242 valence electrons. The number of rotatable bonds is 5. The number of alkyl carbamates (subject to hydrolysis) is 1. The molecule has 0 unspecified atom stereocenters. The van der Waals surface area contributed by atoms with E-state index >= 15 is 0 Å². The van der Waals surface area contributed by atoms with Gasteiger partial charge in [0.2, 0.25) is 0 Å². The van der Waals surface area contributed by atoms with Gasteiger partial charge in [-0.15, -0.1) is 0 Å². The van der Waals surface area contributed by atoms with E-state index in [-0.39, 0.29) is 23.8 Å². The zero-order valence-corrected chi connectivity index (χ0v) is 27.3. The average molecular weight is 599 g/mol. The van der Waals surface area contributed by atoms with Crippen molar-refractivity contribution in [2.45, 2.75) is 135 Å². The van der Waals surface area contributed by atoms with Crippen molar-refractivity contribution < 1.29 is 43.2 Å². The van der Waals surface area contributed by atoms with Crippen LogP contribution in [0.15, 0.2) is 0 Å². The maximum Gasteiger partial charge on any atom is 0.408 e. The molecule has 11 nitrogen and oxygen atoms in total. The summed E-state index contributed by atoms with van der Waals surface area (Å²) in [6.45, 7) is 14.9. The lowest BCUT2D eigenvalue weighted by molar-refractivity contribution is -0.297. The number of nitrogens with zero attached hydrogens (tertiary/aromatic N) is 1. The predicted octanol–water partition coefficient (Wildman–Crippen LogP) is 3.30. The molecule has 0 aromatic rings. The Morgan fingerprint density at radius 1 is 1.05 bits per heavy atom. The molecular formula is C31H54N2O9. The number of fused-ring (bicyclic) bond motifs is 1. The van der Waals surface area contributed by atoms with Crippen LogP contribution in [0.25, 0.3) is 0 Å². The molecule has 1 amide bonds. The third kappa shape index (κ3) is 6.96. The molecule has 3 rings (SSSR count). The number of Topliss-reactive ketones (excluding diaryl/α,β-unsaturated/α-hetero) is 1. The number of cyclic esters (lactones) is 1. The third-order valence-electron chi connectivity index (χ3n) is 9.89. The molecule has 0 spiro atoms. The number of hydrogen-bond donors (Lipinski definition) is 2. The van der Waals surface area contributed by atoms with E-state index in [4.69, 9.17) is 23.7 Å². The van der Waals surface area contributed by atoms with Gasteiger partial charge in [-0.1, -0.05) is 34.6 Å². The molecule has 0 aliphatic carbocycles. The van der Waals surface area contributed by atoms with Crippen LogP contribution >= 0.6 is 0 Å².